The van der Waals surface area contributed by atoms with Crippen molar-refractivity contribution in [2.75, 3.05) is 38.0 Å². The number of carbonyl (C=O) groups is 2. The van der Waals surface area contributed by atoms with Crippen LogP contribution in [-0.2, 0) is 14.8 Å². The second kappa shape index (κ2) is 10.4. The van der Waals surface area contributed by atoms with E-state index in [2.05, 4.69) is 10.0 Å². The molecule has 2 aromatic rings. The number of carbonyl (C=O) groups excluding carboxylic acids is 2. The van der Waals surface area contributed by atoms with Crippen LogP contribution in [0.25, 0.3) is 6.08 Å². The summed E-state index contributed by atoms with van der Waals surface area (Å²) < 4.78 is 39.3. The number of hydrogen-bond acceptors (Lipinski definition) is 4. The predicted octanol–water partition coefficient (Wildman–Crippen LogP) is 2.51. The van der Waals surface area contributed by atoms with E-state index in [1.807, 2.05) is 0 Å². The Morgan fingerprint density at radius 3 is 2.16 bits per heavy atom. The van der Waals surface area contributed by atoms with E-state index < -0.39 is 10.0 Å². The Morgan fingerprint density at radius 2 is 1.56 bits per heavy atom. The van der Waals surface area contributed by atoms with E-state index in [0.717, 1.165) is 0 Å². The van der Waals surface area contributed by atoms with Crippen LogP contribution in [0.4, 0.5) is 14.9 Å². The second-order valence-electron chi connectivity index (χ2n) is 7.15. The van der Waals surface area contributed by atoms with E-state index in [4.69, 9.17) is 0 Å². The third-order valence-electron chi connectivity index (χ3n) is 4.92. The average molecular weight is 461 g/mol. The van der Waals surface area contributed by atoms with Gasteiger partial charge in [0.15, 0.2) is 0 Å². The van der Waals surface area contributed by atoms with Gasteiger partial charge in [0.25, 0.3) is 0 Å². The molecule has 1 fully saturated rings. The summed E-state index contributed by atoms with van der Waals surface area (Å²) in [4.78, 5) is 28.2. The largest absolute Gasteiger partial charge is 0.336 e. The van der Waals surface area contributed by atoms with E-state index in [1.54, 1.807) is 34.9 Å². The molecule has 0 saturated carbocycles. The maximum absolute atomic E-state index is 13.0. The number of sulfonamides is 1. The quantitative estimate of drug-likeness (QED) is 0.647. The van der Waals surface area contributed by atoms with Crippen molar-refractivity contribution in [2.24, 2.45) is 0 Å². The van der Waals surface area contributed by atoms with E-state index >= 15 is 0 Å². The SMILES string of the molecule is CCNS(=O)(=O)c1ccc(/C=C/C(=O)N2CCN(C(=O)Nc3ccc(F)cc3)CC2)cc1. The number of benzene rings is 2. The van der Waals surface area contributed by atoms with Gasteiger partial charge in [-0.1, -0.05) is 19.1 Å². The van der Waals surface area contributed by atoms with Crippen molar-refractivity contribution in [2.45, 2.75) is 11.8 Å². The van der Waals surface area contributed by atoms with Gasteiger partial charge < -0.3 is 15.1 Å². The van der Waals surface area contributed by atoms with Crippen molar-refractivity contribution in [1.29, 1.82) is 0 Å². The molecule has 1 aliphatic heterocycles. The molecule has 2 N–H and O–H groups in total. The van der Waals surface area contributed by atoms with Gasteiger partial charge in [-0.25, -0.2) is 22.3 Å². The van der Waals surface area contributed by atoms with Crippen molar-refractivity contribution in [3.8, 4) is 0 Å². The van der Waals surface area contributed by atoms with Crippen LogP contribution >= 0.6 is 0 Å². The van der Waals surface area contributed by atoms with Crippen molar-refractivity contribution < 1.29 is 22.4 Å². The van der Waals surface area contributed by atoms with Crippen LogP contribution < -0.4 is 10.0 Å². The van der Waals surface area contributed by atoms with E-state index in [-0.39, 0.29) is 22.7 Å². The molecule has 1 aliphatic rings. The zero-order valence-electron chi connectivity index (χ0n) is 17.6. The molecule has 10 heteroatoms. The number of rotatable bonds is 6. The lowest BCUT2D eigenvalue weighted by atomic mass is 10.2. The summed E-state index contributed by atoms with van der Waals surface area (Å²) in [6.07, 6.45) is 3.06. The number of amides is 3. The summed E-state index contributed by atoms with van der Waals surface area (Å²) in [5, 5.41) is 2.71. The molecule has 3 rings (SSSR count). The molecule has 3 amide bonds. The number of hydrogen-bond donors (Lipinski definition) is 2. The lowest BCUT2D eigenvalue weighted by Crippen LogP contribution is -2.51. The molecule has 1 heterocycles. The number of anilines is 1. The molecule has 32 heavy (non-hydrogen) atoms. The predicted molar refractivity (Wildman–Crippen MR) is 120 cm³/mol. The topological polar surface area (TPSA) is 98.8 Å². The highest BCUT2D eigenvalue weighted by atomic mass is 32.2. The standard InChI is InChI=1S/C22H25FN4O4S/c1-2-24-32(30,31)20-10-3-17(4-11-20)5-12-21(28)26-13-15-27(16-14-26)22(29)25-19-8-6-18(23)7-9-19/h3-12,24H,2,13-16H2,1H3,(H,25,29)/b12-5+. The first-order chi connectivity index (χ1) is 15.3. The Morgan fingerprint density at radius 1 is 0.969 bits per heavy atom. The second-order valence-corrected chi connectivity index (χ2v) is 8.92. The van der Waals surface area contributed by atoms with Gasteiger partial charge in [-0.05, 0) is 48.0 Å². The van der Waals surface area contributed by atoms with Gasteiger partial charge in [0.05, 0.1) is 4.90 Å². The first-order valence-corrected chi connectivity index (χ1v) is 11.6. The third kappa shape index (κ3) is 6.14. The normalized spacial score (nSPS) is 14.6. The van der Waals surface area contributed by atoms with Gasteiger partial charge in [0, 0.05) is 44.5 Å². The number of nitrogens with one attached hydrogen (secondary N) is 2. The molecule has 170 valence electrons. The monoisotopic (exact) mass is 460 g/mol. The van der Waals surface area contributed by atoms with E-state index in [0.29, 0.717) is 44.0 Å². The van der Waals surface area contributed by atoms with Gasteiger partial charge in [-0.15, -0.1) is 0 Å². The van der Waals surface area contributed by atoms with Gasteiger partial charge in [0.1, 0.15) is 5.82 Å². The number of urea groups is 1. The molecule has 8 nitrogen and oxygen atoms in total. The summed E-state index contributed by atoms with van der Waals surface area (Å²) in [5.41, 5.74) is 1.20. The van der Waals surface area contributed by atoms with Crippen molar-refractivity contribution >= 4 is 33.7 Å². The van der Waals surface area contributed by atoms with Crippen LogP contribution in [-0.4, -0.2) is 62.9 Å². The Balaban J connectivity index is 1.50. The van der Waals surface area contributed by atoms with Gasteiger partial charge in [-0.3, -0.25) is 4.79 Å². The zero-order chi connectivity index (χ0) is 23.1. The molecule has 0 bridgehead atoms. The van der Waals surface area contributed by atoms with Crippen LogP contribution in [0.2, 0.25) is 0 Å². The van der Waals surface area contributed by atoms with Crippen LogP contribution in [0.5, 0.6) is 0 Å². The molecule has 2 aromatic carbocycles. The Kier molecular flexibility index (Phi) is 7.60. The van der Waals surface area contributed by atoms with Gasteiger partial charge in [0.2, 0.25) is 15.9 Å². The molecule has 0 atom stereocenters. The number of halogens is 1. The molecule has 0 aromatic heterocycles. The third-order valence-corrected chi connectivity index (χ3v) is 6.48. The van der Waals surface area contributed by atoms with Crippen molar-refractivity contribution in [3.63, 3.8) is 0 Å². The fourth-order valence-electron chi connectivity index (χ4n) is 3.17. The molecule has 0 aliphatic carbocycles. The average Bonchev–Trinajstić information content (AvgIpc) is 2.79. The first kappa shape index (κ1) is 23.4. The van der Waals surface area contributed by atoms with Crippen LogP contribution in [0, 0.1) is 5.82 Å². The van der Waals surface area contributed by atoms with E-state index in [9.17, 15) is 22.4 Å². The summed E-state index contributed by atoms with van der Waals surface area (Å²) in [6.45, 7) is 3.55. The fraction of sp³-hybridized carbons (Fsp3) is 0.273. The summed E-state index contributed by atoms with van der Waals surface area (Å²) >= 11 is 0. The minimum absolute atomic E-state index is 0.165. The van der Waals surface area contributed by atoms with Crippen molar-refractivity contribution in [1.82, 2.24) is 14.5 Å². The number of piperazine rings is 1. The minimum Gasteiger partial charge on any atom is -0.336 e. The summed E-state index contributed by atoms with van der Waals surface area (Å²) in [7, 11) is -3.51. The number of nitrogens with zero attached hydrogens (tertiary/aromatic N) is 2. The molecule has 0 spiro atoms. The van der Waals surface area contributed by atoms with Crippen LogP contribution in [0.3, 0.4) is 0 Å². The molecule has 1 saturated heterocycles. The van der Waals surface area contributed by atoms with Gasteiger partial charge >= 0.3 is 6.03 Å². The molecular weight excluding hydrogens is 435 g/mol. The zero-order valence-corrected chi connectivity index (χ0v) is 18.4. The highest BCUT2D eigenvalue weighted by molar-refractivity contribution is 7.89. The lowest BCUT2D eigenvalue weighted by molar-refractivity contribution is -0.127. The fourth-order valence-corrected chi connectivity index (χ4v) is 4.21. The van der Waals surface area contributed by atoms with Crippen LogP contribution in [0.1, 0.15) is 12.5 Å². The Hall–Kier alpha value is -3.24. The molecule has 0 unspecified atom stereocenters. The Labute approximate surface area is 186 Å². The highest BCUT2D eigenvalue weighted by Crippen LogP contribution is 2.13. The van der Waals surface area contributed by atoms with Crippen molar-refractivity contribution in [3.05, 3.63) is 66.0 Å². The maximum atomic E-state index is 13.0. The lowest BCUT2D eigenvalue weighted by Gasteiger charge is -2.34. The minimum atomic E-state index is -3.51. The van der Waals surface area contributed by atoms with E-state index in [1.165, 1.54) is 42.5 Å². The first-order valence-electron chi connectivity index (χ1n) is 10.2. The summed E-state index contributed by atoms with van der Waals surface area (Å²) in [6, 6.07) is 11.4. The highest BCUT2D eigenvalue weighted by Gasteiger charge is 2.23. The van der Waals surface area contributed by atoms with Gasteiger partial charge in [-0.2, -0.15) is 0 Å². The molecular formula is C22H25FN4O4S. The summed E-state index contributed by atoms with van der Waals surface area (Å²) in [5.74, 6) is -0.564. The smallest absolute Gasteiger partial charge is 0.321 e. The molecule has 0 radical (unpaired) electrons. The van der Waals surface area contributed by atoms with Crippen LogP contribution in [0.15, 0.2) is 59.5 Å². The Bertz CT molecular complexity index is 1080. The maximum Gasteiger partial charge on any atom is 0.321 e.